The molecule has 2 fully saturated rings. The second-order valence-electron chi connectivity index (χ2n) is 8.12. The van der Waals surface area contributed by atoms with Gasteiger partial charge in [-0.3, -0.25) is 4.79 Å². The maximum Gasteiger partial charge on any atom is 0.222 e. The Morgan fingerprint density at radius 3 is 2.88 bits per heavy atom. The van der Waals surface area contributed by atoms with Crippen LogP contribution in [0.2, 0.25) is 0 Å². The fraction of sp³-hybridized carbons (Fsp3) is 0.667. The quantitative estimate of drug-likeness (QED) is 0.860. The van der Waals surface area contributed by atoms with Crippen molar-refractivity contribution < 1.29 is 18.7 Å². The number of methoxy groups -OCH3 is 1. The van der Waals surface area contributed by atoms with Gasteiger partial charge in [0, 0.05) is 37.0 Å². The zero-order valence-electron chi connectivity index (χ0n) is 16.0. The van der Waals surface area contributed by atoms with E-state index in [9.17, 15) is 9.18 Å². The van der Waals surface area contributed by atoms with Crippen LogP contribution in [0.25, 0.3) is 0 Å². The number of carbonyl (C=O) groups excluding carboxylic acids is 1. The first-order valence-electron chi connectivity index (χ1n) is 9.63. The summed E-state index contributed by atoms with van der Waals surface area (Å²) in [5.41, 5.74) is 0.183. The van der Waals surface area contributed by atoms with E-state index in [1.165, 1.54) is 6.07 Å². The third-order valence-corrected chi connectivity index (χ3v) is 6.03. The summed E-state index contributed by atoms with van der Waals surface area (Å²) in [6.07, 6.45) is 3.75. The molecule has 0 radical (unpaired) electrons. The Morgan fingerprint density at radius 2 is 2.15 bits per heavy atom. The highest BCUT2D eigenvalue weighted by molar-refractivity contribution is 5.77. The van der Waals surface area contributed by atoms with Gasteiger partial charge in [0.25, 0.3) is 0 Å². The maximum atomic E-state index is 14.4. The first-order valence-corrected chi connectivity index (χ1v) is 9.63. The second-order valence-corrected chi connectivity index (χ2v) is 8.12. The lowest BCUT2D eigenvalue weighted by molar-refractivity contribution is -0.154. The monoisotopic (exact) mass is 363 g/mol. The van der Waals surface area contributed by atoms with Gasteiger partial charge in [0.1, 0.15) is 5.82 Å². The van der Waals surface area contributed by atoms with E-state index in [-0.39, 0.29) is 29.9 Å². The fourth-order valence-electron chi connectivity index (χ4n) is 4.64. The third kappa shape index (κ3) is 4.09. The van der Waals surface area contributed by atoms with E-state index in [1.54, 1.807) is 19.2 Å². The number of amides is 1. The minimum absolute atomic E-state index is 0.0131. The number of benzene rings is 1. The number of fused-ring (bicyclic) bond motifs is 1. The molecule has 144 valence electrons. The molecule has 1 aliphatic heterocycles. The molecule has 0 spiro atoms. The smallest absolute Gasteiger partial charge is 0.222 e. The Bertz CT molecular complexity index is 637. The van der Waals surface area contributed by atoms with Crippen molar-refractivity contribution in [1.82, 2.24) is 5.32 Å². The van der Waals surface area contributed by atoms with Crippen molar-refractivity contribution in [2.45, 2.75) is 63.7 Å². The molecule has 1 amide bonds. The summed E-state index contributed by atoms with van der Waals surface area (Å²) in [6, 6.07) is 6.80. The summed E-state index contributed by atoms with van der Waals surface area (Å²) in [5.74, 6) is 0.589. The molecule has 4 nitrogen and oxygen atoms in total. The molecule has 3 rings (SSSR count). The van der Waals surface area contributed by atoms with Crippen LogP contribution in [-0.2, 0) is 14.3 Å². The molecule has 1 saturated heterocycles. The molecule has 1 aromatic rings. The van der Waals surface area contributed by atoms with Crippen LogP contribution in [0.5, 0.6) is 0 Å². The summed E-state index contributed by atoms with van der Waals surface area (Å²) < 4.78 is 25.8. The topological polar surface area (TPSA) is 47.6 Å². The molecule has 0 bridgehead atoms. The van der Waals surface area contributed by atoms with Gasteiger partial charge in [0.15, 0.2) is 0 Å². The van der Waals surface area contributed by atoms with Gasteiger partial charge >= 0.3 is 0 Å². The van der Waals surface area contributed by atoms with E-state index in [1.807, 2.05) is 6.07 Å². The number of rotatable bonds is 5. The van der Waals surface area contributed by atoms with Crippen LogP contribution in [-0.4, -0.2) is 31.3 Å². The average molecular weight is 363 g/mol. The van der Waals surface area contributed by atoms with Gasteiger partial charge in [-0.05, 0) is 31.7 Å². The van der Waals surface area contributed by atoms with Gasteiger partial charge < -0.3 is 14.8 Å². The number of ether oxygens (including phenoxy) is 2. The number of carbonyl (C=O) groups is 1. The van der Waals surface area contributed by atoms with Crippen molar-refractivity contribution in [3.8, 4) is 0 Å². The number of halogens is 1. The molecular weight excluding hydrogens is 333 g/mol. The van der Waals surface area contributed by atoms with Crippen molar-refractivity contribution in [2.75, 3.05) is 13.7 Å². The standard InChI is InChI=1S/C21H30FNO3/c1-14-8-9-16-18(12-14)26-19(15-6-4-5-7-17(15)22)13-21(16,2)23-20(24)10-11-25-3/h4-7,14,16,18-19H,8-13H2,1-3H3,(H,23,24)/t14-,16-,18-,19-,21+/m1/s1. The highest BCUT2D eigenvalue weighted by Crippen LogP contribution is 2.48. The van der Waals surface area contributed by atoms with Crippen LogP contribution in [0, 0.1) is 17.7 Å². The molecule has 1 saturated carbocycles. The molecule has 1 heterocycles. The summed E-state index contributed by atoms with van der Waals surface area (Å²) in [5, 5.41) is 3.24. The lowest BCUT2D eigenvalue weighted by Gasteiger charge is -2.52. The Morgan fingerprint density at radius 1 is 1.38 bits per heavy atom. The van der Waals surface area contributed by atoms with E-state index in [0.717, 1.165) is 19.3 Å². The highest BCUT2D eigenvalue weighted by atomic mass is 19.1. The highest BCUT2D eigenvalue weighted by Gasteiger charge is 2.49. The SMILES string of the molecule is COCCC(=O)N[C@@]1(C)C[C@H](c2ccccc2F)O[C@@H]2C[C@H](C)CC[C@H]21. The fourth-order valence-corrected chi connectivity index (χ4v) is 4.64. The first-order chi connectivity index (χ1) is 12.4. The largest absolute Gasteiger partial charge is 0.384 e. The van der Waals surface area contributed by atoms with Crippen LogP contribution in [0.1, 0.15) is 57.6 Å². The summed E-state index contributed by atoms with van der Waals surface area (Å²) >= 11 is 0. The van der Waals surface area contributed by atoms with E-state index in [4.69, 9.17) is 9.47 Å². The summed E-state index contributed by atoms with van der Waals surface area (Å²) in [4.78, 5) is 12.4. The Labute approximate surface area is 155 Å². The van der Waals surface area contributed by atoms with E-state index in [2.05, 4.69) is 19.2 Å². The minimum Gasteiger partial charge on any atom is -0.384 e. The van der Waals surface area contributed by atoms with Crippen LogP contribution < -0.4 is 5.32 Å². The average Bonchev–Trinajstić information content (AvgIpc) is 2.59. The molecule has 2 aliphatic rings. The number of nitrogens with one attached hydrogen (secondary N) is 1. The molecule has 5 atom stereocenters. The van der Waals surface area contributed by atoms with Gasteiger partial charge in [0.05, 0.1) is 18.8 Å². The third-order valence-electron chi connectivity index (χ3n) is 6.03. The predicted molar refractivity (Wildman–Crippen MR) is 98.2 cm³/mol. The Balaban J connectivity index is 1.85. The van der Waals surface area contributed by atoms with Crippen LogP contribution in [0.4, 0.5) is 4.39 Å². The van der Waals surface area contributed by atoms with Crippen molar-refractivity contribution in [3.05, 3.63) is 35.6 Å². The van der Waals surface area contributed by atoms with Crippen molar-refractivity contribution in [2.24, 2.45) is 11.8 Å². The first kappa shape index (κ1) is 19.3. The molecule has 1 aromatic carbocycles. The molecule has 0 unspecified atom stereocenters. The molecule has 26 heavy (non-hydrogen) atoms. The van der Waals surface area contributed by atoms with Gasteiger partial charge in [-0.25, -0.2) is 4.39 Å². The predicted octanol–water partition coefficient (Wildman–Crippen LogP) is 4.00. The minimum atomic E-state index is -0.402. The normalized spacial score (nSPS) is 34.2. The summed E-state index contributed by atoms with van der Waals surface area (Å²) in [6.45, 7) is 4.74. The Hall–Kier alpha value is -1.46. The number of hydrogen-bond acceptors (Lipinski definition) is 3. The zero-order chi connectivity index (χ0) is 18.7. The van der Waals surface area contributed by atoms with Gasteiger partial charge in [0.2, 0.25) is 5.91 Å². The lowest BCUT2D eigenvalue weighted by atomic mass is 9.66. The Kier molecular flexibility index (Phi) is 5.98. The molecular formula is C21H30FNO3. The van der Waals surface area contributed by atoms with Crippen molar-refractivity contribution in [3.63, 3.8) is 0 Å². The van der Waals surface area contributed by atoms with Gasteiger partial charge in [-0.1, -0.05) is 31.5 Å². The van der Waals surface area contributed by atoms with E-state index < -0.39 is 5.54 Å². The van der Waals surface area contributed by atoms with Crippen molar-refractivity contribution in [1.29, 1.82) is 0 Å². The van der Waals surface area contributed by atoms with Crippen LogP contribution in [0.15, 0.2) is 24.3 Å². The van der Waals surface area contributed by atoms with E-state index >= 15 is 0 Å². The van der Waals surface area contributed by atoms with Gasteiger partial charge in [-0.2, -0.15) is 0 Å². The van der Waals surface area contributed by atoms with Crippen molar-refractivity contribution >= 4 is 5.91 Å². The van der Waals surface area contributed by atoms with Crippen LogP contribution in [0.3, 0.4) is 0 Å². The molecule has 1 N–H and O–H groups in total. The van der Waals surface area contributed by atoms with Gasteiger partial charge in [-0.15, -0.1) is 0 Å². The number of hydrogen-bond donors (Lipinski definition) is 1. The maximum absolute atomic E-state index is 14.4. The molecule has 1 aliphatic carbocycles. The summed E-state index contributed by atoms with van der Waals surface area (Å²) in [7, 11) is 1.59. The van der Waals surface area contributed by atoms with E-state index in [0.29, 0.717) is 30.9 Å². The molecule has 0 aromatic heterocycles. The zero-order valence-corrected chi connectivity index (χ0v) is 16.0. The molecule has 5 heteroatoms. The van der Waals surface area contributed by atoms with Crippen LogP contribution >= 0.6 is 0 Å². The second kappa shape index (κ2) is 8.05. The lowest BCUT2D eigenvalue weighted by Crippen LogP contribution is -2.60.